The predicted molar refractivity (Wildman–Crippen MR) is 76.4 cm³/mol. The Morgan fingerprint density at radius 2 is 2.25 bits per heavy atom. The van der Waals surface area contributed by atoms with Crippen LogP contribution in [0.15, 0.2) is 30.3 Å². The fourth-order valence-electron chi connectivity index (χ4n) is 2.56. The fourth-order valence-corrected chi connectivity index (χ4v) is 2.82. The first kappa shape index (κ1) is 12.9. The van der Waals surface area contributed by atoms with E-state index in [4.69, 9.17) is 16.9 Å². The summed E-state index contributed by atoms with van der Waals surface area (Å²) in [5.74, 6) is -0.221. The minimum absolute atomic E-state index is 0.221. The van der Waals surface area contributed by atoms with Crippen LogP contribution in [0, 0.1) is 11.3 Å². The van der Waals surface area contributed by atoms with Crippen molar-refractivity contribution in [1.29, 1.82) is 5.26 Å². The molecule has 1 aliphatic rings. The van der Waals surface area contributed by atoms with E-state index in [1.165, 1.54) is 0 Å². The number of hydrogen-bond donors (Lipinski definition) is 0. The number of rotatable bonds is 1. The molecule has 1 amide bonds. The summed E-state index contributed by atoms with van der Waals surface area (Å²) in [5.41, 5.74) is 0.302. The molecule has 4 nitrogen and oxygen atoms in total. The Bertz CT molecular complexity index is 723. The molecule has 0 N–H and O–H groups in total. The van der Waals surface area contributed by atoms with Crippen LogP contribution in [-0.4, -0.2) is 28.4 Å². The van der Waals surface area contributed by atoms with Crippen LogP contribution < -0.4 is 0 Å². The van der Waals surface area contributed by atoms with E-state index in [1.807, 2.05) is 24.3 Å². The molecule has 0 radical (unpaired) electrons. The van der Waals surface area contributed by atoms with Crippen molar-refractivity contribution in [3.8, 4) is 6.07 Å². The van der Waals surface area contributed by atoms with Crippen molar-refractivity contribution in [3.63, 3.8) is 0 Å². The Morgan fingerprint density at radius 3 is 3.05 bits per heavy atom. The highest BCUT2D eigenvalue weighted by atomic mass is 35.5. The van der Waals surface area contributed by atoms with E-state index < -0.39 is 0 Å². The van der Waals surface area contributed by atoms with Gasteiger partial charge in [-0.25, -0.2) is 4.98 Å². The van der Waals surface area contributed by atoms with Crippen molar-refractivity contribution in [2.24, 2.45) is 0 Å². The molecule has 0 bridgehead atoms. The van der Waals surface area contributed by atoms with E-state index >= 15 is 0 Å². The number of fused-ring (bicyclic) bond motifs is 1. The number of carbonyl (C=O) groups is 1. The standard InChI is InChI=1S/C15H12ClN3O/c16-14-12-6-2-1-4-10(12)8-13(18-14)15(20)19-7-3-5-11(19)9-17/h1-2,4,6,8,11H,3,5,7H2. The van der Waals surface area contributed by atoms with Crippen LogP contribution in [0.1, 0.15) is 23.3 Å². The van der Waals surface area contributed by atoms with Crippen molar-refractivity contribution in [3.05, 3.63) is 41.2 Å². The third-order valence-electron chi connectivity index (χ3n) is 3.58. The number of carbonyl (C=O) groups excluding carboxylic acids is 1. The summed E-state index contributed by atoms with van der Waals surface area (Å²) in [6.07, 6.45) is 1.58. The zero-order chi connectivity index (χ0) is 14.1. The average Bonchev–Trinajstić information content (AvgIpc) is 2.95. The second-order valence-electron chi connectivity index (χ2n) is 4.81. The third kappa shape index (κ3) is 2.10. The number of amides is 1. The van der Waals surface area contributed by atoms with E-state index in [0.29, 0.717) is 17.4 Å². The molecule has 0 saturated carbocycles. The molecule has 2 heterocycles. The van der Waals surface area contributed by atoms with Gasteiger partial charge in [-0.15, -0.1) is 0 Å². The van der Waals surface area contributed by atoms with Crippen molar-refractivity contribution in [2.75, 3.05) is 6.54 Å². The van der Waals surface area contributed by atoms with E-state index in [-0.39, 0.29) is 11.9 Å². The molecule has 1 aromatic heterocycles. The lowest BCUT2D eigenvalue weighted by Gasteiger charge is -2.19. The summed E-state index contributed by atoms with van der Waals surface area (Å²) in [6, 6.07) is 11.1. The summed E-state index contributed by atoms with van der Waals surface area (Å²) in [5, 5.41) is 11.1. The van der Waals surface area contributed by atoms with Gasteiger partial charge in [-0.3, -0.25) is 4.79 Å². The molecule has 1 saturated heterocycles. The van der Waals surface area contributed by atoms with Crippen molar-refractivity contribution >= 4 is 28.3 Å². The number of likely N-dealkylation sites (tertiary alicyclic amines) is 1. The van der Waals surface area contributed by atoms with Gasteiger partial charge in [0.2, 0.25) is 0 Å². The molecule has 100 valence electrons. The SMILES string of the molecule is N#CC1CCCN1C(=O)c1cc2ccccc2c(Cl)n1. The smallest absolute Gasteiger partial charge is 0.273 e. The Hall–Kier alpha value is -2.12. The van der Waals surface area contributed by atoms with Crippen molar-refractivity contribution in [2.45, 2.75) is 18.9 Å². The largest absolute Gasteiger partial charge is 0.321 e. The lowest BCUT2D eigenvalue weighted by Crippen LogP contribution is -2.35. The first-order valence-corrected chi connectivity index (χ1v) is 6.84. The number of benzene rings is 1. The lowest BCUT2D eigenvalue weighted by molar-refractivity contribution is 0.0759. The minimum Gasteiger partial charge on any atom is -0.321 e. The predicted octanol–water partition coefficient (Wildman–Crippen LogP) is 3.02. The zero-order valence-corrected chi connectivity index (χ0v) is 11.5. The summed E-state index contributed by atoms with van der Waals surface area (Å²) >= 11 is 6.14. The first-order valence-electron chi connectivity index (χ1n) is 6.46. The van der Waals surface area contributed by atoms with E-state index in [0.717, 1.165) is 23.6 Å². The van der Waals surface area contributed by atoms with Gasteiger partial charge in [0.25, 0.3) is 5.91 Å². The zero-order valence-electron chi connectivity index (χ0n) is 10.7. The molecule has 20 heavy (non-hydrogen) atoms. The van der Waals surface area contributed by atoms with E-state index in [9.17, 15) is 4.79 Å². The van der Waals surface area contributed by atoms with Crippen molar-refractivity contribution < 1.29 is 4.79 Å². The molecular weight excluding hydrogens is 274 g/mol. The molecule has 1 atom stereocenters. The molecule has 1 aliphatic heterocycles. The van der Waals surface area contributed by atoms with Crippen LogP contribution in [0.25, 0.3) is 10.8 Å². The number of aromatic nitrogens is 1. The summed E-state index contributed by atoms with van der Waals surface area (Å²) < 4.78 is 0. The van der Waals surface area contributed by atoms with Crippen LogP contribution in [0.5, 0.6) is 0 Å². The van der Waals surface area contributed by atoms with Gasteiger partial charge in [-0.1, -0.05) is 35.9 Å². The maximum Gasteiger partial charge on any atom is 0.273 e. The fraction of sp³-hybridized carbons (Fsp3) is 0.267. The monoisotopic (exact) mass is 285 g/mol. The van der Waals surface area contributed by atoms with E-state index in [1.54, 1.807) is 11.0 Å². The van der Waals surface area contributed by atoms with Crippen LogP contribution in [0.3, 0.4) is 0 Å². The third-order valence-corrected chi connectivity index (χ3v) is 3.86. The number of nitriles is 1. The van der Waals surface area contributed by atoms with Gasteiger partial charge in [0, 0.05) is 11.9 Å². The van der Waals surface area contributed by atoms with Gasteiger partial charge in [-0.2, -0.15) is 5.26 Å². The molecule has 0 spiro atoms. The summed E-state index contributed by atoms with van der Waals surface area (Å²) in [6.45, 7) is 0.600. The average molecular weight is 286 g/mol. The summed E-state index contributed by atoms with van der Waals surface area (Å²) in [7, 11) is 0. The molecule has 1 fully saturated rings. The second-order valence-corrected chi connectivity index (χ2v) is 5.16. The topological polar surface area (TPSA) is 57.0 Å². The molecular formula is C15H12ClN3O. The van der Waals surface area contributed by atoms with Gasteiger partial charge in [0.05, 0.1) is 6.07 Å². The van der Waals surface area contributed by atoms with Gasteiger partial charge >= 0.3 is 0 Å². The van der Waals surface area contributed by atoms with Gasteiger partial charge in [0.1, 0.15) is 16.9 Å². The van der Waals surface area contributed by atoms with Gasteiger partial charge in [-0.05, 0) is 24.3 Å². The van der Waals surface area contributed by atoms with Gasteiger partial charge < -0.3 is 4.90 Å². The molecule has 1 unspecified atom stereocenters. The Balaban J connectivity index is 2.02. The van der Waals surface area contributed by atoms with Crippen LogP contribution in [-0.2, 0) is 0 Å². The number of hydrogen-bond acceptors (Lipinski definition) is 3. The Labute approximate surface area is 121 Å². The quantitative estimate of drug-likeness (QED) is 0.757. The normalized spacial score (nSPS) is 18.2. The molecule has 2 aromatic rings. The van der Waals surface area contributed by atoms with Crippen molar-refractivity contribution in [1.82, 2.24) is 9.88 Å². The Morgan fingerprint density at radius 1 is 1.45 bits per heavy atom. The second kappa shape index (κ2) is 5.10. The number of nitrogens with zero attached hydrogens (tertiary/aromatic N) is 3. The molecule has 5 heteroatoms. The maximum atomic E-state index is 12.5. The van der Waals surface area contributed by atoms with Gasteiger partial charge in [0.15, 0.2) is 0 Å². The van der Waals surface area contributed by atoms with Crippen LogP contribution in [0.4, 0.5) is 0 Å². The highest BCUT2D eigenvalue weighted by molar-refractivity contribution is 6.34. The molecule has 1 aromatic carbocycles. The number of halogens is 1. The van der Waals surface area contributed by atoms with Crippen LogP contribution in [0.2, 0.25) is 5.15 Å². The highest BCUT2D eigenvalue weighted by Gasteiger charge is 2.30. The van der Waals surface area contributed by atoms with E-state index in [2.05, 4.69) is 11.1 Å². The van der Waals surface area contributed by atoms with Crippen LogP contribution >= 0.6 is 11.6 Å². The minimum atomic E-state index is -0.352. The summed E-state index contributed by atoms with van der Waals surface area (Å²) in [4.78, 5) is 18.2. The molecule has 3 rings (SSSR count). The lowest BCUT2D eigenvalue weighted by atomic mass is 10.1. The first-order chi connectivity index (χ1) is 9.70. The highest BCUT2D eigenvalue weighted by Crippen LogP contribution is 2.25. The Kier molecular flexibility index (Phi) is 3.29. The molecule has 0 aliphatic carbocycles. The number of pyridine rings is 1. The maximum absolute atomic E-state index is 12.5.